The fourth-order valence-electron chi connectivity index (χ4n) is 1.82. The van der Waals surface area contributed by atoms with Crippen molar-refractivity contribution in [1.82, 2.24) is 20.4 Å². The number of benzene rings is 1. The Hall–Kier alpha value is -2.48. The van der Waals surface area contributed by atoms with Crippen LogP contribution in [0, 0.1) is 20.8 Å². The van der Waals surface area contributed by atoms with Crippen LogP contribution in [-0.2, 0) is 4.79 Å². The summed E-state index contributed by atoms with van der Waals surface area (Å²) in [5.74, 6) is -0.231. The van der Waals surface area contributed by atoms with Gasteiger partial charge in [-0.2, -0.15) is 0 Å². The highest BCUT2D eigenvalue weighted by Gasteiger charge is 2.14. The minimum atomic E-state index is -0.453. The number of carbonyl (C=O) groups is 2. The molecule has 0 radical (unpaired) electrons. The van der Waals surface area contributed by atoms with E-state index >= 15 is 0 Å². The molecule has 0 atom stereocenters. The molecule has 1 aromatic heterocycles. The minimum absolute atomic E-state index is 0.189. The van der Waals surface area contributed by atoms with E-state index in [2.05, 4.69) is 20.4 Å². The monoisotopic (exact) mass is 320 g/mol. The van der Waals surface area contributed by atoms with Gasteiger partial charge >= 0.3 is 0 Å². The van der Waals surface area contributed by atoms with Crippen molar-refractivity contribution in [3.63, 3.8) is 0 Å². The number of nitrogens with zero attached hydrogens (tertiary/aromatic N) is 2. The third-order valence-electron chi connectivity index (χ3n) is 2.93. The maximum atomic E-state index is 11.8. The van der Waals surface area contributed by atoms with E-state index < -0.39 is 11.8 Å². The SMILES string of the molecule is Cc1cccc(C)c1OCC(=O)NNC(=O)c1snnc1C. The molecule has 2 amide bonds. The van der Waals surface area contributed by atoms with Crippen LogP contribution in [0.5, 0.6) is 5.75 Å². The number of hydrogen-bond acceptors (Lipinski definition) is 6. The van der Waals surface area contributed by atoms with Gasteiger partial charge in [-0.25, -0.2) is 0 Å². The van der Waals surface area contributed by atoms with Crippen LogP contribution in [0.1, 0.15) is 26.5 Å². The van der Waals surface area contributed by atoms with Crippen molar-refractivity contribution >= 4 is 23.3 Å². The van der Waals surface area contributed by atoms with Crippen molar-refractivity contribution in [3.05, 3.63) is 39.9 Å². The summed E-state index contributed by atoms with van der Waals surface area (Å²) in [4.78, 5) is 23.9. The molecule has 1 aromatic carbocycles. The molecule has 0 unspecified atom stereocenters. The van der Waals surface area contributed by atoms with Crippen LogP contribution in [0.3, 0.4) is 0 Å². The van der Waals surface area contributed by atoms with Gasteiger partial charge in [-0.3, -0.25) is 20.4 Å². The van der Waals surface area contributed by atoms with Gasteiger partial charge < -0.3 is 4.74 Å². The van der Waals surface area contributed by atoms with Gasteiger partial charge in [0, 0.05) is 0 Å². The zero-order chi connectivity index (χ0) is 16.1. The maximum Gasteiger partial charge on any atom is 0.283 e. The van der Waals surface area contributed by atoms with E-state index in [9.17, 15) is 9.59 Å². The molecule has 1 heterocycles. The average Bonchev–Trinajstić information content (AvgIpc) is 2.90. The summed E-state index contributed by atoms with van der Waals surface area (Å²) in [6.45, 7) is 5.29. The fraction of sp³-hybridized carbons (Fsp3) is 0.286. The number of para-hydroxylation sites is 1. The molecule has 0 saturated carbocycles. The number of hydrazine groups is 1. The molecule has 2 rings (SSSR count). The normalized spacial score (nSPS) is 10.1. The van der Waals surface area contributed by atoms with Gasteiger partial charge in [-0.15, -0.1) is 5.10 Å². The first kappa shape index (κ1) is 15.9. The topological polar surface area (TPSA) is 93.2 Å². The van der Waals surface area contributed by atoms with Gasteiger partial charge in [0.25, 0.3) is 11.8 Å². The summed E-state index contributed by atoms with van der Waals surface area (Å²) in [6.07, 6.45) is 0. The lowest BCUT2D eigenvalue weighted by molar-refractivity contribution is -0.123. The average molecular weight is 320 g/mol. The van der Waals surface area contributed by atoms with E-state index in [-0.39, 0.29) is 6.61 Å². The Bertz CT molecular complexity index is 679. The number of rotatable bonds is 4. The second kappa shape index (κ2) is 6.99. The Balaban J connectivity index is 1.84. The van der Waals surface area contributed by atoms with Crippen molar-refractivity contribution in [2.45, 2.75) is 20.8 Å². The van der Waals surface area contributed by atoms with E-state index in [0.717, 1.165) is 22.7 Å². The first-order chi connectivity index (χ1) is 10.5. The maximum absolute atomic E-state index is 11.8. The molecule has 2 N–H and O–H groups in total. The Morgan fingerprint density at radius 3 is 2.45 bits per heavy atom. The van der Waals surface area contributed by atoms with E-state index in [4.69, 9.17) is 4.74 Å². The molecule has 0 aliphatic heterocycles. The predicted molar refractivity (Wildman–Crippen MR) is 81.7 cm³/mol. The minimum Gasteiger partial charge on any atom is -0.483 e. The standard InChI is InChI=1S/C14H16N4O3S/c1-8-5-4-6-9(2)12(8)21-7-11(19)16-17-14(20)13-10(3)15-18-22-13/h4-6H,7H2,1-3H3,(H,16,19)(H,17,20). The van der Waals surface area contributed by atoms with Gasteiger partial charge in [0.15, 0.2) is 6.61 Å². The molecular formula is C14H16N4O3S. The van der Waals surface area contributed by atoms with Crippen LogP contribution in [0.25, 0.3) is 0 Å². The van der Waals surface area contributed by atoms with Crippen molar-refractivity contribution in [1.29, 1.82) is 0 Å². The number of ether oxygens (including phenoxy) is 1. The van der Waals surface area contributed by atoms with Crippen molar-refractivity contribution < 1.29 is 14.3 Å². The summed E-state index contributed by atoms with van der Waals surface area (Å²) >= 11 is 0.968. The molecule has 7 nitrogen and oxygen atoms in total. The lowest BCUT2D eigenvalue weighted by Gasteiger charge is -2.12. The summed E-state index contributed by atoms with van der Waals surface area (Å²) in [5, 5.41) is 3.73. The zero-order valence-corrected chi connectivity index (χ0v) is 13.3. The zero-order valence-electron chi connectivity index (χ0n) is 12.5. The molecule has 22 heavy (non-hydrogen) atoms. The summed E-state index contributed by atoms with van der Waals surface area (Å²) in [5.41, 5.74) is 7.01. The first-order valence-electron chi connectivity index (χ1n) is 6.56. The van der Waals surface area contributed by atoms with E-state index in [0.29, 0.717) is 16.3 Å². The summed E-state index contributed by atoms with van der Waals surface area (Å²) in [6, 6.07) is 5.73. The molecule has 2 aromatic rings. The van der Waals surface area contributed by atoms with Gasteiger partial charge in [0.1, 0.15) is 10.6 Å². The third kappa shape index (κ3) is 3.79. The molecule has 116 valence electrons. The molecule has 0 aliphatic rings. The second-order valence-corrected chi connectivity index (χ2v) is 5.45. The third-order valence-corrected chi connectivity index (χ3v) is 3.76. The molecule has 0 saturated heterocycles. The number of amides is 2. The van der Waals surface area contributed by atoms with Gasteiger partial charge in [-0.1, -0.05) is 22.7 Å². The molecular weight excluding hydrogens is 304 g/mol. The Morgan fingerprint density at radius 1 is 1.18 bits per heavy atom. The van der Waals surface area contributed by atoms with E-state index in [1.807, 2.05) is 32.0 Å². The van der Waals surface area contributed by atoms with Crippen LogP contribution in [-0.4, -0.2) is 28.0 Å². The van der Waals surface area contributed by atoms with Crippen LogP contribution >= 0.6 is 11.5 Å². The number of nitrogens with one attached hydrogen (secondary N) is 2. The number of hydrogen-bond donors (Lipinski definition) is 2. The fourth-order valence-corrected chi connectivity index (χ4v) is 2.38. The van der Waals surface area contributed by atoms with Crippen LogP contribution in [0.15, 0.2) is 18.2 Å². The van der Waals surface area contributed by atoms with Gasteiger partial charge in [0.2, 0.25) is 0 Å². The highest BCUT2D eigenvalue weighted by Crippen LogP contribution is 2.21. The van der Waals surface area contributed by atoms with Crippen LogP contribution < -0.4 is 15.6 Å². The number of aryl methyl sites for hydroxylation is 3. The van der Waals surface area contributed by atoms with Crippen LogP contribution in [0.4, 0.5) is 0 Å². The second-order valence-electron chi connectivity index (χ2n) is 4.70. The Labute approximate surface area is 131 Å². The Morgan fingerprint density at radius 2 is 1.86 bits per heavy atom. The van der Waals surface area contributed by atoms with Crippen molar-refractivity contribution in [2.75, 3.05) is 6.61 Å². The summed E-state index contributed by atoms with van der Waals surface area (Å²) < 4.78 is 9.15. The van der Waals surface area contributed by atoms with E-state index in [1.165, 1.54) is 0 Å². The lowest BCUT2D eigenvalue weighted by Crippen LogP contribution is -2.43. The molecule has 0 aliphatic carbocycles. The largest absolute Gasteiger partial charge is 0.483 e. The van der Waals surface area contributed by atoms with Crippen molar-refractivity contribution in [3.8, 4) is 5.75 Å². The smallest absolute Gasteiger partial charge is 0.283 e. The Kier molecular flexibility index (Phi) is 5.05. The van der Waals surface area contributed by atoms with E-state index in [1.54, 1.807) is 6.92 Å². The van der Waals surface area contributed by atoms with Crippen LogP contribution in [0.2, 0.25) is 0 Å². The number of aromatic nitrogens is 2. The lowest BCUT2D eigenvalue weighted by atomic mass is 10.1. The van der Waals surface area contributed by atoms with Crippen molar-refractivity contribution in [2.24, 2.45) is 0 Å². The highest BCUT2D eigenvalue weighted by atomic mass is 32.1. The summed E-state index contributed by atoms with van der Waals surface area (Å²) in [7, 11) is 0. The highest BCUT2D eigenvalue weighted by molar-refractivity contribution is 7.07. The molecule has 0 fully saturated rings. The van der Waals surface area contributed by atoms with Gasteiger partial charge in [0.05, 0.1) is 5.69 Å². The quantitative estimate of drug-likeness (QED) is 0.828. The first-order valence-corrected chi connectivity index (χ1v) is 7.33. The predicted octanol–water partition coefficient (Wildman–Crippen LogP) is 1.30. The van der Waals surface area contributed by atoms with Gasteiger partial charge in [-0.05, 0) is 43.4 Å². The molecule has 8 heteroatoms. The number of carbonyl (C=O) groups excluding carboxylic acids is 2. The molecule has 0 bridgehead atoms. The molecule has 0 spiro atoms.